The summed E-state index contributed by atoms with van der Waals surface area (Å²) in [6.45, 7) is 0.270. The van der Waals surface area contributed by atoms with Gasteiger partial charge in [-0.2, -0.15) is 0 Å². The molecule has 0 aliphatic heterocycles. The maximum atomic E-state index is 11.9. The van der Waals surface area contributed by atoms with E-state index in [9.17, 15) is 9.59 Å². The standard InChI is InChI=1S/C38H40N8O6S/c1-49-37(47)27(39)15-19-51-31-21-23(45-35(41)29-7-3-5-17-43-29)9-11-25(31)33-13-14-34(53-33)26-12-10-24(46-36(42)30-8-4-6-18-44-30)22-32(26)52-20-16-28(40)38(48)50-2/h3-14,17-18,21-22,27-28H,15-16,19-20,39-40H2,1-2H3,(H2,41,45)(H2,42,46)/t27-,28+. The predicted molar refractivity (Wildman–Crippen MR) is 205 cm³/mol. The van der Waals surface area contributed by atoms with Crippen molar-refractivity contribution in [2.75, 3.05) is 38.1 Å². The van der Waals surface area contributed by atoms with E-state index in [1.54, 1.807) is 60.9 Å². The third-order valence-electron chi connectivity index (χ3n) is 7.86. The SMILES string of the molecule is COC(=O)[C@H](N)CCOc1cc(NC(=N)c2ccccn2)ccc1-c1ccc(-c2ccc(NC(=N)c3ccccn3)cc2OCC[C@H](N)C(=O)OC)s1. The van der Waals surface area contributed by atoms with Crippen molar-refractivity contribution in [1.82, 2.24) is 9.97 Å². The lowest BCUT2D eigenvalue weighted by molar-refractivity contribution is -0.143. The first-order chi connectivity index (χ1) is 25.7. The zero-order valence-electron chi connectivity index (χ0n) is 29.1. The zero-order valence-corrected chi connectivity index (χ0v) is 29.9. The molecule has 0 radical (unpaired) electrons. The Morgan fingerprint density at radius 1 is 0.679 bits per heavy atom. The summed E-state index contributed by atoms with van der Waals surface area (Å²) in [5.74, 6) is 0.185. The largest absolute Gasteiger partial charge is 0.493 e. The number of carbonyl (C=O) groups is 2. The monoisotopic (exact) mass is 736 g/mol. The highest BCUT2D eigenvalue weighted by Gasteiger charge is 2.19. The molecule has 0 aliphatic rings. The summed E-state index contributed by atoms with van der Waals surface area (Å²) in [6.07, 6.45) is 3.68. The maximum Gasteiger partial charge on any atom is 0.322 e. The molecular formula is C38H40N8O6S. The molecule has 53 heavy (non-hydrogen) atoms. The average Bonchev–Trinajstić information content (AvgIpc) is 3.67. The van der Waals surface area contributed by atoms with E-state index in [4.69, 9.17) is 41.2 Å². The number of aromatic nitrogens is 2. The van der Waals surface area contributed by atoms with Gasteiger partial charge in [0.25, 0.3) is 0 Å². The Morgan fingerprint density at radius 3 is 1.49 bits per heavy atom. The van der Waals surface area contributed by atoms with Gasteiger partial charge < -0.3 is 41.0 Å². The Balaban J connectivity index is 1.43. The minimum Gasteiger partial charge on any atom is -0.493 e. The second-order valence-electron chi connectivity index (χ2n) is 11.5. The van der Waals surface area contributed by atoms with E-state index < -0.39 is 24.0 Å². The van der Waals surface area contributed by atoms with E-state index in [2.05, 4.69) is 20.6 Å². The topological polar surface area (TPSA) is 221 Å². The van der Waals surface area contributed by atoms with Gasteiger partial charge in [-0.05, 0) is 60.7 Å². The number of nitrogens with zero attached hydrogens (tertiary/aromatic N) is 2. The van der Waals surface area contributed by atoms with Gasteiger partial charge in [0, 0.05) is 69.6 Å². The molecule has 0 saturated heterocycles. The highest BCUT2D eigenvalue weighted by molar-refractivity contribution is 7.18. The fraction of sp³-hybridized carbons (Fsp3) is 0.211. The number of nitrogens with one attached hydrogen (secondary N) is 4. The Bertz CT molecular complexity index is 1900. The molecular weight excluding hydrogens is 697 g/mol. The molecule has 0 amide bonds. The molecule has 2 atom stereocenters. The van der Waals surface area contributed by atoms with Crippen LogP contribution < -0.4 is 31.6 Å². The van der Waals surface area contributed by atoms with Crippen molar-refractivity contribution < 1.29 is 28.5 Å². The Labute approximate surface area is 310 Å². The molecule has 0 fully saturated rings. The summed E-state index contributed by atoms with van der Waals surface area (Å²) in [7, 11) is 2.57. The number of nitrogens with two attached hydrogens (primary N) is 2. The van der Waals surface area contributed by atoms with Crippen LogP contribution in [0.1, 0.15) is 24.2 Å². The molecule has 2 aromatic carbocycles. The molecule has 274 valence electrons. The second kappa shape index (κ2) is 18.4. The van der Waals surface area contributed by atoms with E-state index in [0.717, 1.165) is 20.9 Å². The number of benzene rings is 2. The van der Waals surface area contributed by atoms with Gasteiger partial charge in [0.2, 0.25) is 0 Å². The Morgan fingerprint density at radius 2 is 1.11 bits per heavy atom. The number of ether oxygens (including phenoxy) is 4. The highest BCUT2D eigenvalue weighted by atomic mass is 32.1. The van der Waals surface area contributed by atoms with E-state index in [0.29, 0.717) is 34.3 Å². The fourth-order valence-electron chi connectivity index (χ4n) is 5.04. The molecule has 0 unspecified atom stereocenters. The van der Waals surface area contributed by atoms with Crippen molar-refractivity contribution in [3.63, 3.8) is 0 Å². The van der Waals surface area contributed by atoms with Crippen LogP contribution in [0.2, 0.25) is 0 Å². The van der Waals surface area contributed by atoms with Crippen LogP contribution in [0, 0.1) is 10.8 Å². The predicted octanol–water partition coefficient (Wildman–Crippen LogP) is 5.29. The van der Waals surface area contributed by atoms with Crippen LogP contribution in [0.3, 0.4) is 0 Å². The number of pyridine rings is 2. The summed E-state index contributed by atoms with van der Waals surface area (Å²) in [6, 6.07) is 23.9. The first kappa shape index (κ1) is 38.1. The molecule has 3 heterocycles. The number of amidine groups is 2. The summed E-state index contributed by atoms with van der Waals surface area (Å²) in [5, 5.41) is 23.1. The molecule has 0 aliphatic carbocycles. The number of methoxy groups -OCH3 is 2. The van der Waals surface area contributed by atoms with Crippen LogP contribution in [-0.2, 0) is 19.1 Å². The van der Waals surface area contributed by atoms with Crippen LogP contribution in [0.15, 0.2) is 97.3 Å². The van der Waals surface area contributed by atoms with E-state index >= 15 is 0 Å². The van der Waals surface area contributed by atoms with Crippen LogP contribution in [-0.4, -0.2) is 73.1 Å². The quantitative estimate of drug-likeness (QED) is 0.0433. The van der Waals surface area contributed by atoms with Crippen molar-refractivity contribution in [2.24, 2.45) is 11.5 Å². The molecule has 3 aromatic heterocycles. The van der Waals surface area contributed by atoms with E-state index in [-0.39, 0.29) is 37.7 Å². The molecule has 5 rings (SSSR count). The number of thiophene rings is 1. The zero-order chi connectivity index (χ0) is 37.7. The number of hydrogen-bond donors (Lipinski definition) is 6. The van der Waals surface area contributed by atoms with Gasteiger partial charge in [0.15, 0.2) is 0 Å². The van der Waals surface area contributed by atoms with Gasteiger partial charge in [0.1, 0.15) is 46.6 Å². The van der Waals surface area contributed by atoms with Gasteiger partial charge in [-0.15, -0.1) is 11.3 Å². The number of esters is 2. The smallest absolute Gasteiger partial charge is 0.322 e. The molecule has 14 nitrogen and oxygen atoms in total. The minimum atomic E-state index is -0.846. The van der Waals surface area contributed by atoms with Crippen LogP contribution in [0.4, 0.5) is 11.4 Å². The molecule has 0 spiro atoms. The second-order valence-corrected chi connectivity index (χ2v) is 12.6. The first-order valence-corrected chi connectivity index (χ1v) is 17.3. The van der Waals surface area contributed by atoms with Gasteiger partial charge in [-0.3, -0.25) is 30.4 Å². The van der Waals surface area contributed by atoms with Crippen molar-refractivity contribution >= 4 is 46.3 Å². The lowest BCUT2D eigenvalue weighted by atomic mass is 10.1. The number of anilines is 2. The number of hydrogen-bond acceptors (Lipinski definition) is 13. The van der Waals surface area contributed by atoms with Crippen LogP contribution in [0.25, 0.3) is 20.9 Å². The summed E-state index contributed by atoms with van der Waals surface area (Å²) >= 11 is 1.49. The van der Waals surface area contributed by atoms with Crippen molar-refractivity contribution in [3.05, 3.63) is 109 Å². The number of carbonyl (C=O) groups excluding carboxylic acids is 2. The van der Waals surface area contributed by atoms with Gasteiger partial charge >= 0.3 is 11.9 Å². The van der Waals surface area contributed by atoms with E-state index in [1.807, 2.05) is 36.4 Å². The highest BCUT2D eigenvalue weighted by Crippen LogP contribution is 2.43. The lowest BCUT2D eigenvalue weighted by Crippen LogP contribution is -2.33. The average molecular weight is 737 g/mol. The molecule has 0 saturated carbocycles. The van der Waals surface area contributed by atoms with Crippen LogP contribution in [0.5, 0.6) is 11.5 Å². The lowest BCUT2D eigenvalue weighted by Gasteiger charge is -2.16. The Kier molecular flexibility index (Phi) is 13.2. The fourth-order valence-corrected chi connectivity index (χ4v) is 6.11. The number of rotatable bonds is 16. The van der Waals surface area contributed by atoms with Gasteiger partial charge in [0.05, 0.1) is 27.4 Å². The minimum absolute atomic E-state index is 0.114. The van der Waals surface area contributed by atoms with Gasteiger partial charge in [-0.25, -0.2) is 0 Å². The van der Waals surface area contributed by atoms with Crippen molar-refractivity contribution in [1.29, 1.82) is 10.8 Å². The van der Waals surface area contributed by atoms with Crippen molar-refractivity contribution in [2.45, 2.75) is 24.9 Å². The summed E-state index contributed by atoms with van der Waals surface area (Å²) < 4.78 is 21.9. The normalized spacial score (nSPS) is 11.8. The maximum absolute atomic E-state index is 11.9. The third-order valence-corrected chi connectivity index (χ3v) is 9.01. The van der Waals surface area contributed by atoms with Gasteiger partial charge in [-0.1, -0.05) is 12.1 Å². The summed E-state index contributed by atoms with van der Waals surface area (Å²) in [4.78, 5) is 34.0. The summed E-state index contributed by atoms with van der Waals surface area (Å²) in [5.41, 5.74) is 15.6. The Hall–Kier alpha value is -6.16. The van der Waals surface area contributed by atoms with E-state index in [1.165, 1.54) is 25.6 Å². The van der Waals surface area contributed by atoms with Crippen molar-refractivity contribution in [3.8, 4) is 32.4 Å². The molecule has 8 N–H and O–H groups in total. The first-order valence-electron chi connectivity index (χ1n) is 16.5. The molecule has 0 bridgehead atoms. The molecule has 15 heteroatoms. The third kappa shape index (κ3) is 10.2. The molecule has 5 aromatic rings. The van der Waals surface area contributed by atoms with Crippen LogP contribution >= 0.6 is 11.3 Å².